The molecule has 0 saturated heterocycles. The molecule has 1 fully saturated rings. The summed E-state index contributed by atoms with van der Waals surface area (Å²) < 4.78 is 11.4. The average Bonchev–Trinajstić information content (AvgIpc) is 3.53. The largest absolute Gasteiger partial charge is 0.492 e. The second kappa shape index (κ2) is 10.4. The fraction of sp³-hybridized carbons (Fsp3) is 0.429. The molecule has 0 unspecified atom stereocenters. The van der Waals surface area contributed by atoms with Crippen molar-refractivity contribution in [2.45, 2.75) is 26.3 Å². The predicted octanol–water partition coefficient (Wildman–Crippen LogP) is 3.00. The highest BCUT2D eigenvalue weighted by Gasteiger charge is 2.22. The number of nitrogens with one attached hydrogen (secondary N) is 2. The lowest BCUT2D eigenvalue weighted by molar-refractivity contribution is 0.288. The lowest BCUT2D eigenvalue weighted by Crippen LogP contribution is -2.39. The fourth-order valence-corrected chi connectivity index (χ4v) is 2.48. The number of pyridine rings is 1. The van der Waals surface area contributed by atoms with Crippen LogP contribution in [0.3, 0.4) is 0 Å². The van der Waals surface area contributed by atoms with E-state index in [1.807, 2.05) is 49.4 Å². The first-order valence-electron chi connectivity index (χ1n) is 9.61. The molecular weight excluding hydrogens is 340 g/mol. The molecule has 27 heavy (non-hydrogen) atoms. The van der Waals surface area contributed by atoms with Crippen LogP contribution in [0.1, 0.15) is 25.3 Å². The van der Waals surface area contributed by atoms with Crippen molar-refractivity contribution >= 4 is 5.96 Å². The van der Waals surface area contributed by atoms with Crippen LogP contribution in [0.25, 0.3) is 0 Å². The number of nitrogens with zero attached hydrogens (tertiary/aromatic N) is 2. The second-order valence-electron chi connectivity index (χ2n) is 6.54. The highest BCUT2D eigenvalue weighted by molar-refractivity contribution is 5.79. The molecule has 6 nitrogen and oxygen atoms in total. The molecule has 0 aliphatic heterocycles. The third-order valence-corrected chi connectivity index (χ3v) is 4.13. The highest BCUT2D eigenvalue weighted by atomic mass is 16.5. The SMILES string of the molecule is CCNC(=NCc1ccnc(OCC2CC2)c1)NCCOc1ccccc1. The minimum Gasteiger partial charge on any atom is -0.492 e. The number of aliphatic imine (C=N–C) groups is 1. The van der Waals surface area contributed by atoms with Crippen molar-refractivity contribution in [2.24, 2.45) is 10.9 Å². The van der Waals surface area contributed by atoms with Gasteiger partial charge in [-0.05, 0) is 49.4 Å². The van der Waals surface area contributed by atoms with Crippen molar-refractivity contribution in [1.82, 2.24) is 15.6 Å². The van der Waals surface area contributed by atoms with Gasteiger partial charge in [0.1, 0.15) is 12.4 Å². The molecule has 0 bridgehead atoms. The maximum Gasteiger partial charge on any atom is 0.213 e. The quantitative estimate of drug-likeness (QED) is 0.383. The number of guanidine groups is 1. The Morgan fingerprint density at radius 2 is 2.00 bits per heavy atom. The van der Waals surface area contributed by atoms with Gasteiger partial charge in [0.15, 0.2) is 5.96 Å². The number of hydrogen-bond donors (Lipinski definition) is 2. The number of aromatic nitrogens is 1. The first-order valence-corrected chi connectivity index (χ1v) is 9.61. The van der Waals surface area contributed by atoms with Gasteiger partial charge in [0.25, 0.3) is 0 Å². The molecule has 0 spiro atoms. The van der Waals surface area contributed by atoms with Crippen LogP contribution in [0.15, 0.2) is 53.7 Å². The number of rotatable bonds is 10. The molecule has 1 heterocycles. The molecule has 144 valence electrons. The minimum atomic E-state index is 0.567. The van der Waals surface area contributed by atoms with E-state index in [4.69, 9.17) is 9.47 Å². The Bertz CT molecular complexity index is 717. The van der Waals surface area contributed by atoms with E-state index in [9.17, 15) is 0 Å². The van der Waals surface area contributed by atoms with Gasteiger partial charge in [0, 0.05) is 18.8 Å². The zero-order chi connectivity index (χ0) is 18.7. The highest BCUT2D eigenvalue weighted by Crippen LogP contribution is 2.29. The number of ether oxygens (including phenoxy) is 2. The molecule has 1 aliphatic rings. The topological polar surface area (TPSA) is 67.8 Å². The van der Waals surface area contributed by atoms with E-state index in [0.717, 1.165) is 36.3 Å². The van der Waals surface area contributed by atoms with E-state index in [0.29, 0.717) is 25.6 Å². The van der Waals surface area contributed by atoms with Gasteiger partial charge in [-0.25, -0.2) is 9.98 Å². The zero-order valence-corrected chi connectivity index (χ0v) is 15.9. The van der Waals surface area contributed by atoms with Gasteiger partial charge in [-0.2, -0.15) is 0 Å². The van der Waals surface area contributed by atoms with Crippen molar-refractivity contribution in [3.8, 4) is 11.6 Å². The van der Waals surface area contributed by atoms with Crippen LogP contribution in [0.2, 0.25) is 0 Å². The molecule has 1 aliphatic carbocycles. The number of benzene rings is 1. The van der Waals surface area contributed by atoms with Crippen molar-refractivity contribution in [3.63, 3.8) is 0 Å². The van der Waals surface area contributed by atoms with E-state index in [1.165, 1.54) is 12.8 Å². The van der Waals surface area contributed by atoms with Gasteiger partial charge in [-0.3, -0.25) is 0 Å². The molecule has 0 amide bonds. The van der Waals surface area contributed by atoms with Crippen molar-refractivity contribution < 1.29 is 9.47 Å². The standard InChI is InChI=1S/C21H28N4O2/c1-2-22-21(24-12-13-26-19-6-4-3-5-7-19)25-15-18-10-11-23-20(14-18)27-16-17-8-9-17/h3-7,10-11,14,17H,2,8-9,12-13,15-16H2,1H3,(H2,22,24,25). The summed E-state index contributed by atoms with van der Waals surface area (Å²) in [4.78, 5) is 8.91. The molecule has 2 aromatic rings. The molecule has 6 heteroatoms. The van der Waals surface area contributed by atoms with Crippen LogP contribution in [0.4, 0.5) is 0 Å². The van der Waals surface area contributed by atoms with E-state index in [1.54, 1.807) is 6.20 Å². The van der Waals surface area contributed by atoms with Gasteiger partial charge in [0.2, 0.25) is 5.88 Å². The lowest BCUT2D eigenvalue weighted by Gasteiger charge is -2.12. The predicted molar refractivity (Wildman–Crippen MR) is 107 cm³/mol. The van der Waals surface area contributed by atoms with E-state index in [-0.39, 0.29) is 0 Å². The molecule has 1 aromatic carbocycles. The van der Waals surface area contributed by atoms with Gasteiger partial charge in [0.05, 0.1) is 19.7 Å². The first-order chi connectivity index (χ1) is 13.3. The van der Waals surface area contributed by atoms with Gasteiger partial charge >= 0.3 is 0 Å². The molecule has 0 radical (unpaired) electrons. The Morgan fingerprint density at radius 1 is 1.15 bits per heavy atom. The summed E-state index contributed by atoms with van der Waals surface area (Å²) in [5, 5.41) is 6.54. The summed E-state index contributed by atoms with van der Waals surface area (Å²) in [6, 6.07) is 13.7. The van der Waals surface area contributed by atoms with E-state index >= 15 is 0 Å². The fourth-order valence-electron chi connectivity index (χ4n) is 2.48. The van der Waals surface area contributed by atoms with Crippen LogP contribution in [0.5, 0.6) is 11.6 Å². The van der Waals surface area contributed by atoms with Crippen LogP contribution in [0, 0.1) is 5.92 Å². The Labute approximate surface area is 161 Å². The molecule has 1 saturated carbocycles. The van der Waals surface area contributed by atoms with Crippen LogP contribution < -0.4 is 20.1 Å². The summed E-state index contributed by atoms with van der Waals surface area (Å²) in [6.07, 6.45) is 4.33. The Balaban J connectivity index is 1.45. The first kappa shape index (κ1) is 19.0. The van der Waals surface area contributed by atoms with Crippen LogP contribution >= 0.6 is 0 Å². The Hall–Kier alpha value is -2.76. The second-order valence-corrected chi connectivity index (χ2v) is 6.54. The normalized spacial score (nSPS) is 13.9. The Morgan fingerprint density at radius 3 is 2.78 bits per heavy atom. The molecular formula is C21H28N4O2. The third kappa shape index (κ3) is 7.17. The monoisotopic (exact) mass is 368 g/mol. The Kier molecular flexibility index (Phi) is 7.33. The molecule has 1 aromatic heterocycles. The van der Waals surface area contributed by atoms with Crippen molar-refractivity contribution in [3.05, 3.63) is 54.2 Å². The van der Waals surface area contributed by atoms with Gasteiger partial charge < -0.3 is 20.1 Å². The molecule has 0 atom stereocenters. The molecule has 2 N–H and O–H groups in total. The summed E-state index contributed by atoms with van der Waals surface area (Å²) in [7, 11) is 0. The van der Waals surface area contributed by atoms with E-state index < -0.39 is 0 Å². The lowest BCUT2D eigenvalue weighted by atomic mass is 10.3. The van der Waals surface area contributed by atoms with Gasteiger partial charge in [-0.15, -0.1) is 0 Å². The van der Waals surface area contributed by atoms with Crippen LogP contribution in [-0.4, -0.2) is 37.2 Å². The smallest absolute Gasteiger partial charge is 0.213 e. The summed E-state index contributed by atoms with van der Waals surface area (Å²) >= 11 is 0. The number of para-hydroxylation sites is 1. The summed E-state index contributed by atoms with van der Waals surface area (Å²) in [5.41, 5.74) is 1.08. The average molecular weight is 368 g/mol. The van der Waals surface area contributed by atoms with Crippen molar-refractivity contribution in [2.75, 3.05) is 26.3 Å². The molecule has 3 rings (SSSR count). The van der Waals surface area contributed by atoms with Gasteiger partial charge in [-0.1, -0.05) is 18.2 Å². The van der Waals surface area contributed by atoms with Crippen LogP contribution in [-0.2, 0) is 6.54 Å². The van der Waals surface area contributed by atoms with E-state index in [2.05, 4.69) is 20.6 Å². The minimum absolute atomic E-state index is 0.567. The summed E-state index contributed by atoms with van der Waals surface area (Å²) in [5.74, 6) is 3.04. The van der Waals surface area contributed by atoms with Crippen molar-refractivity contribution in [1.29, 1.82) is 0 Å². The third-order valence-electron chi connectivity index (χ3n) is 4.13. The number of hydrogen-bond acceptors (Lipinski definition) is 4. The maximum absolute atomic E-state index is 5.74. The zero-order valence-electron chi connectivity index (χ0n) is 15.9. The summed E-state index contributed by atoms with van der Waals surface area (Å²) in [6.45, 7) is 5.43. The maximum atomic E-state index is 5.74.